The SMILES string of the molecule is CC1SCC(C(=O)O)N1C(=O)CN1C(=O)CNC1=O. The van der Waals surface area contributed by atoms with Gasteiger partial charge in [-0.2, -0.15) is 0 Å². The number of hydrogen-bond acceptors (Lipinski definition) is 5. The Morgan fingerprint density at radius 2 is 2.16 bits per heavy atom. The number of nitrogens with zero attached hydrogens (tertiary/aromatic N) is 2. The van der Waals surface area contributed by atoms with Crippen molar-refractivity contribution >= 4 is 35.6 Å². The molecule has 2 atom stereocenters. The zero-order valence-electron chi connectivity index (χ0n) is 10.2. The van der Waals surface area contributed by atoms with Gasteiger partial charge in [-0.05, 0) is 6.92 Å². The molecule has 8 nitrogen and oxygen atoms in total. The summed E-state index contributed by atoms with van der Waals surface area (Å²) in [6, 6.07) is -1.53. The second-order valence-corrected chi connectivity index (χ2v) is 5.58. The van der Waals surface area contributed by atoms with Crippen molar-refractivity contribution in [2.75, 3.05) is 18.8 Å². The predicted molar refractivity (Wildman–Crippen MR) is 65.3 cm³/mol. The molecule has 9 heteroatoms. The molecule has 0 aromatic rings. The Labute approximate surface area is 113 Å². The van der Waals surface area contributed by atoms with Gasteiger partial charge < -0.3 is 15.3 Å². The van der Waals surface area contributed by atoms with Crippen LogP contribution in [0.3, 0.4) is 0 Å². The molecule has 0 aromatic carbocycles. The van der Waals surface area contributed by atoms with Gasteiger partial charge in [-0.1, -0.05) is 0 Å². The van der Waals surface area contributed by atoms with Gasteiger partial charge in [-0.15, -0.1) is 11.8 Å². The van der Waals surface area contributed by atoms with E-state index in [0.717, 1.165) is 4.90 Å². The Balaban J connectivity index is 2.08. The van der Waals surface area contributed by atoms with E-state index in [1.165, 1.54) is 16.7 Å². The van der Waals surface area contributed by atoms with E-state index in [0.29, 0.717) is 5.75 Å². The quantitative estimate of drug-likeness (QED) is 0.639. The summed E-state index contributed by atoms with van der Waals surface area (Å²) in [6.07, 6.45) is 0. The average molecular weight is 287 g/mol. The molecule has 0 spiro atoms. The van der Waals surface area contributed by atoms with Gasteiger partial charge in [0.1, 0.15) is 12.6 Å². The number of thioether (sulfide) groups is 1. The van der Waals surface area contributed by atoms with Gasteiger partial charge >= 0.3 is 12.0 Å². The van der Waals surface area contributed by atoms with Crippen molar-refractivity contribution in [2.45, 2.75) is 18.3 Å². The molecule has 0 saturated carbocycles. The molecular formula is C10H13N3O5S. The van der Waals surface area contributed by atoms with Crippen LogP contribution in [0.15, 0.2) is 0 Å². The minimum atomic E-state index is -1.08. The first-order valence-corrected chi connectivity index (χ1v) is 6.70. The second kappa shape index (κ2) is 5.08. The zero-order valence-corrected chi connectivity index (χ0v) is 11.0. The van der Waals surface area contributed by atoms with Crippen molar-refractivity contribution in [1.29, 1.82) is 0 Å². The van der Waals surface area contributed by atoms with Gasteiger partial charge in [0.15, 0.2) is 0 Å². The molecule has 19 heavy (non-hydrogen) atoms. The summed E-state index contributed by atoms with van der Waals surface area (Å²) in [7, 11) is 0. The molecule has 2 aliphatic rings. The summed E-state index contributed by atoms with van der Waals surface area (Å²) in [5.41, 5.74) is 0. The number of carbonyl (C=O) groups excluding carboxylic acids is 3. The molecule has 0 aromatic heterocycles. The molecule has 2 aliphatic heterocycles. The highest BCUT2D eigenvalue weighted by atomic mass is 32.2. The first-order chi connectivity index (χ1) is 8.91. The topological polar surface area (TPSA) is 107 Å². The normalized spacial score (nSPS) is 26.8. The van der Waals surface area contributed by atoms with Gasteiger partial charge in [0, 0.05) is 5.75 Å². The fourth-order valence-corrected chi connectivity index (χ4v) is 3.23. The van der Waals surface area contributed by atoms with Gasteiger partial charge in [0.2, 0.25) is 5.91 Å². The smallest absolute Gasteiger partial charge is 0.327 e. The number of rotatable bonds is 3. The lowest BCUT2D eigenvalue weighted by Gasteiger charge is -2.26. The number of carbonyl (C=O) groups is 4. The van der Waals surface area contributed by atoms with Crippen LogP contribution in [-0.2, 0) is 14.4 Å². The third-order valence-electron chi connectivity index (χ3n) is 3.03. The van der Waals surface area contributed by atoms with Gasteiger partial charge in [0.05, 0.1) is 11.9 Å². The van der Waals surface area contributed by atoms with Crippen LogP contribution in [0.5, 0.6) is 0 Å². The molecule has 0 aliphatic carbocycles. The molecule has 0 bridgehead atoms. The first-order valence-electron chi connectivity index (χ1n) is 5.65. The van der Waals surface area contributed by atoms with Crippen molar-refractivity contribution in [3.63, 3.8) is 0 Å². The van der Waals surface area contributed by atoms with E-state index in [9.17, 15) is 19.2 Å². The minimum Gasteiger partial charge on any atom is -0.480 e. The molecule has 4 amide bonds. The van der Waals surface area contributed by atoms with Crippen LogP contribution in [0.1, 0.15) is 6.92 Å². The average Bonchev–Trinajstić information content (AvgIpc) is 2.86. The Morgan fingerprint density at radius 1 is 1.47 bits per heavy atom. The Kier molecular flexibility index (Phi) is 3.65. The second-order valence-electron chi connectivity index (χ2n) is 4.23. The highest BCUT2D eigenvalue weighted by Gasteiger charge is 2.41. The van der Waals surface area contributed by atoms with E-state index in [1.54, 1.807) is 6.92 Å². The highest BCUT2D eigenvalue weighted by Crippen LogP contribution is 2.29. The molecule has 0 radical (unpaired) electrons. The summed E-state index contributed by atoms with van der Waals surface area (Å²) >= 11 is 1.35. The fraction of sp³-hybridized carbons (Fsp3) is 0.600. The fourth-order valence-electron chi connectivity index (χ4n) is 2.04. The van der Waals surface area contributed by atoms with Crippen LogP contribution in [-0.4, -0.2) is 69.0 Å². The largest absolute Gasteiger partial charge is 0.480 e. The molecule has 2 fully saturated rings. The predicted octanol–water partition coefficient (Wildman–Crippen LogP) is -1.09. The first kappa shape index (κ1) is 13.7. The van der Waals surface area contributed by atoms with Crippen LogP contribution in [0, 0.1) is 0 Å². The number of imide groups is 1. The Bertz CT molecular complexity index is 438. The Morgan fingerprint density at radius 3 is 2.68 bits per heavy atom. The van der Waals surface area contributed by atoms with Crippen molar-refractivity contribution in [3.05, 3.63) is 0 Å². The maximum atomic E-state index is 12.1. The van der Waals surface area contributed by atoms with Crippen LogP contribution in [0.2, 0.25) is 0 Å². The van der Waals surface area contributed by atoms with E-state index in [2.05, 4.69) is 5.32 Å². The summed E-state index contributed by atoms with van der Waals surface area (Å²) < 4.78 is 0. The lowest BCUT2D eigenvalue weighted by molar-refractivity contribution is -0.149. The van der Waals surface area contributed by atoms with Gasteiger partial charge in [-0.25, -0.2) is 9.59 Å². The van der Waals surface area contributed by atoms with E-state index in [4.69, 9.17) is 5.11 Å². The third-order valence-corrected chi connectivity index (χ3v) is 4.24. The maximum absolute atomic E-state index is 12.1. The molecule has 2 heterocycles. The zero-order chi connectivity index (χ0) is 14.2. The van der Waals surface area contributed by atoms with E-state index in [1.807, 2.05) is 0 Å². The number of amides is 4. The van der Waals surface area contributed by atoms with Crippen LogP contribution in [0.4, 0.5) is 4.79 Å². The van der Waals surface area contributed by atoms with Crippen molar-refractivity contribution < 1.29 is 24.3 Å². The summed E-state index contributed by atoms with van der Waals surface area (Å²) in [4.78, 5) is 47.9. The van der Waals surface area contributed by atoms with Crippen LogP contribution >= 0.6 is 11.8 Å². The highest BCUT2D eigenvalue weighted by molar-refractivity contribution is 8.00. The lowest BCUT2D eigenvalue weighted by Crippen LogP contribution is -2.49. The van der Waals surface area contributed by atoms with Crippen molar-refractivity contribution in [3.8, 4) is 0 Å². The molecule has 2 rings (SSSR count). The third kappa shape index (κ3) is 2.50. The lowest BCUT2D eigenvalue weighted by atomic mass is 10.2. The standard InChI is InChI=1S/C10H13N3O5S/c1-5-13(6(4-19-5)9(16)17)8(15)3-12-7(14)2-11-10(12)18/h5-6H,2-4H2,1H3,(H,11,18)(H,16,17). The molecule has 2 saturated heterocycles. The molecule has 2 N–H and O–H groups in total. The van der Waals surface area contributed by atoms with E-state index < -0.39 is 36.4 Å². The van der Waals surface area contributed by atoms with E-state index >= 15 is 0 Å². The summed E-state index contributed by atoms with van der Waals surface area (Å²) in [6.45, 7) is 1.18. The minimum absolute atomic E-state index is 0.126. The Hall–Kier alpha value is -1.77. The monoisotopic (exact) mass is 287 g/mol. The van der Waals surface area contributed by atoms with Gasteiger partial charge in [0.25, 0.3) is 5.91 Å². The van der Waals surface area contributed by atoms with Crippen molar-refractivity contribution in [2.24, 2.45) is 0 Å². The summed E-state index contributed by atoms with van der Waals surface area (Å²) in [5.74, 6) is -1.79. The number of carboxylic acid groups (broad SMARTS) is 1. The molecular weight excluding hydrogens is 274 g/mol. The number of aliphatic carboxylic acids is 1. The number of urea groups is 1. The van der Waals surface area contributed by atoms with Crippen LogP contribution < -0.4 is 5.32 Å². The van der Waals surface area contributed by atoms with Crippen molar-refractivity contribution in [1.82, 2.24) is 15.1 Å². The van der Waals surface area contributed by atoms with Crippen LogP contribution in [0.25, 0.3) is 0 Å². The summed E-state index contributed by atoms with van der Waals surface area (Å²) in [5, 5.41) is 11.1. The number of nitrogens with one attached hydrogen (secondary N) is 1. The maximum Gasteiger partial charge on any atom is 0.327 e. The number of carboxylic acids is 1. The van der Waals surface area contributed by atoms with Gasteiger partial charge in [-0.3, -0.25) is 14.5 Å². The van der Waals surface area contributed by atoms with E-state index in [-0.39, 0.29) is 11.9 Å². The number of hydrogen-bond donors (Lipinski definition) is 2. The molecule has 104 valence electrons. The molecule has 2 unspecified atom stereocenters.